The Labute approximate surface area is 270 Å². The fourth-order valence-electron chi connectivity index (χ4n) is 7.15. The van der Waals surface area contributed by atoms with E-state index in [1.807, 2.05) is 6.07 Å². The van der Waals surface area contributed by atoms with Crippen LogP contribution in [0.15, 0.2) is 24.3 Å². The molecule has 1 atom stereocenters. The van der Waals surface area contributed by atoms with Crippen LogP contribution in [0.2, 0.25) is 0 Å². The van der Waals surface area contributed by atoms with E-state index in [-0.39, 0.29) is 37.2 Å². The Balaban J connectivity index is 0.00000552. The summed E-state index contributed by atoms with van der Waals surface area (Å²) in [6, 6.07) is 7.10. The standard InChI is InChI=1S/C32H52FN5O5S.CH4/c1-25(2)23-38(31(39)24-35-18-20-36(21-19-35)32(40)43-3)29-10-13-34(14-11-29)15-12-30(27-6-5-7-28(33)22-27)26-8-16-37(17-9-26)44(4,41)42;/h5-7,22,25-26,29-30H,8-21,23-24H2,1-4H3;1H4/t30-;/m1./s1. The highest BCUT2D eigenvalue weighted by atomic mass is 32.2. The number of halogens is 1. The Bertz CT molecular complexity index is 1190. The Morgan fingerprint density at radius 1 is 0.978 bits per heavy atom. The third kappa shape index (κ3) is 10.6. The van der Waals surface area contributed by atoms with E-state index < -0.39 is 10.0 Å². The van der Waals surface area contributed by atoms with Gasteiger partial charge in [0.15, 0.2) is 0 Å². The van der Waals surface area contributed by atoms with Crippen LogP contribution < -0.4 is 0 Å². The molecule has 3 aliphatic heterocycles. The van der Waals surface area contributed by atoms with Crippen molar-refractivity contribution in [3.05, 3.63) is 35.6 Å². The van der Waals surface area contributed by atoms with Gasteiger partial charge in [-0.15, -0.1) is 0 Å². The van der Waals surface area contributed by atoms with E-state index >= 15 is 0 Å². The third-order valence-electron chi connectivity index (χ3n) is 9.61. The molecule has 0 bridgehead atoms. The fraction of sp³-hybridized carbons (Fsp3) is 0.758. The van der Waals surface area contributed by atoms with Gasteiger partial charge in [-0.3, -0.25) is 9.69 Å². The maximum atomic E-state index is 14.2. The van der Waals surface area contributed by atoms with Gasteiger partial charge < -0.3 is 19.4 Å². The van der Waals surface area contributed by atoms with E-state index in [9.17, 15) is 22.4 Å². The van der Waals surface area contributed by atoms with E-state index in [4.69, 9.17) is 4.74 Å². The van der Waals surface area contributed by atoms with Gasteiger partial charge in [0.05, 0.1) is 19.9 Å². The summed E-state index contributed by atoms with van der Waals surface area (Å²) in [5.41, 5.74) is 0.999. The zero-order valence-corrected chi connectivity index (χ0v) is 27.8. The number of sulfonamides is 1. The highest BCUT2D eigenvalue weighted by molar-refractivity contribution is 7.88. The molecule has 0 aromatic heterocycles. The molecule has 1 aromatic rings. The van der Waals surface area contributed by atoms with Crippen molar-refractivity contribution in [2.75, 3.05) is 85.4 Å². The summed E-state index contributed by atoms with van der Waals surface area (Å²) in [4.78, 5) is 33.8. The molecular weight excluding hydrogens is 597 g/mol. The Hall–Kier alpha value is -2.28. The lowest BCUT2D eigenvalue weighted by molar-refractivity contribution is -0.136. The van der Waals surface area contributed by atoms with Gasteiger partial charge in [0, 0.05) is 64.9 Å². The lowest BCUT2D eigenvalue weighted by Crippen LogP contribution is -2.54. The molecule has 2 amide bonds. The molecule has 256 valence electrons. The second-order valence-corrected chi connectivity index (χ2v) is 15.2. The van der Waals surface area contributed by atoms with Gasteiger partial charge in [-0.2, -0.15) is 0 Å². The number of ether oxygens (including phenoxy) is 1. The lowest BCUT2D eigenvalue weighted by atomic mass is 9.78. The van der Waals surface area contributed by atoms with Crippen molar-refractivity contribution in [2.45, 2.75) is 65.3 Å². The molecule has 3 saturated heterocycles. The zero-order valence-electron chi connectivity index (χ0n) is 27.0. The van der Waals surface area contributed by atoms with Gasteiger partial charge in [0.1, 0.15) is 5.82 Å². The van der Waals surface area contributed by atoms with Gasteiger partial charge in [0.25, 0.3) is 0 Å². The van der Waals surface area contributed by atoms with Gasteiger partial charge in [-0.05, 0) is 74.1 Å². The van der Waals surface area contributed by atoms with Gasteiger partial charge >= 0.3 is 6.09 Å². The van der Waals surface area contributed by atoms with Crippen LogP contribution in [0.4, 0.5) is 9.18 Å². The first kappa shape index (κ1) is 37.2. The highest BCUT2D eigenvalue weighted by Gasteiger charge is 2.33. The summed E-state index contributed by atoms with van der Waals surface area (Å²) in [6.07, 6.45) is 5.25. The molecule has 10 nitrogen and oxygen atoms in total. The minimum absolute atomic E-state index is 0. The molecule has 0 radical (unpaired) electrons. The second-order valence-electron chi connectivity index (χ2n) is 13.2. The molecule has 0 aliphatic carbocycles. The predicted octanol–water partition coefficient (Wildman–Crippen LogP) is 3.94. The van der Waals surface area contributed by atoms with Crippen molar-refractivity contribution in [1.82, 2.24) is 23.9 Å². The lowest BCUT2D eigenvalue weighted by Gasteiger charge is -2.41. The van der Waals surface area contributed by atoms with Crippen molar-refractivity contribution in [3.63, 3.8) is 0 Å². The van der Waals surface area contributed by atoms with Crippen molar-refractivity contribution in [1.29, 1.82) is 0 Å². The molecule has 3 heterocycles. The van der Waals surface area contributed by atoms with Crippen LogP contribution in [-0.4, -0.2) is 136 Å². The van der Waals surface area contributed by atoms with Crippen LogP contribution in [0.1, 0.15) is 64.9 Å². The van der Waals surface area contributed by atoms with E-state index in [0.29, 0.717) is 57.6 Å². The first-order valence-electron chi connectivity index (χ1n) is 16.2. The van der Waals surface area contributed by atoms with Crippen LogP contribution >= 0.6 is 0 Å². The maximum Gasteiger partial charge on any atom is 0.409 e. The van der Waals surface area contributed by atoms with Gasteiger partial charge in [0.2, 0.25) is 15.9 Å². The van der Waals surface area contributed by atoms with E-state index in [1.165, 1.54) is 19.4 Å². The normalized spacial score (nSPS) is 20.5. The topological polar surface area (TPSA) is 93.7 Å². The van der Waals surface area contributed by atoms with E-state index in [0.717, 1.165) is 63.8 Å². The number of hydrogen-bond donors (Lipinski definition) is 0. The predicted molar refractivity (Wildman–Crippen MR) is 176 cm³/mol. The summed E-state index contributed by atoms with van der Waals surface area (Å²) in [6.45, 7) is 11.6. The van der Waals surface area contributed by atoms with Crippen LogP contribution in [-0.2, 0) is 19.6 Å². The van der Waals surface area contributed by atoms with Crippen LogP contribution in [0.25, 0.3) is 0 Å². The number of methoxy groups -OCH3 is 1. The molecule has 12 heteroatoms. The summed E-state index contributed by atoms with van der Waals surface area (Å²) in [5.74, 6) is 0.775. The van der Waals surface area contributed by atoms with Crippen LogP contribution in [0.3, 0.4) is 0 Å². The summed E-state index contributed by atoms with van der Waals surface area (Å²) >= 11 is 0. The largest absolute Gasteiger partial charge is 0.453 e. The monoisotopic (exact) mass is 653 g/mol. The smallest absolute Gasteiger partial charge is 0.409 e. The minimum Gasteiger partial charge on any atom is -0.453 e. The Morgan fingerprint density at radius 2 is 1.62 bits per heavy atom. The Morgan fingerprint density at radius 3 is 2.18 bits per heavy atom. The number of benzene rings is 1. The quantitative estimate of drug-likeness (QED) is 0.357. The number of likely N-dealkylation sites (tertiary alicyclic amines) is 1. The average Bonchev–Trinajstić information content (AvgIpc) is 3.00. The Kier molecular flexibility index (Phi) is 14.1. The van der Waals surface area contributed by atoms with Crippen LogP contribution in [0, 0.1) is 17.7 Å². The van der Waals surface area contributed by atoms with Crippen molar-refractivity contribution in [3.8, 4) is 0 Å². The molecule has 3 fully saturated rings. The number of carbonyl (C=O) groups excluding carboxylic acids is 2. The van der Waals surface area contributed by atoms with E-state index in [1.54, 1.807) is 21.3 Å². The van der Waals surface area contributed by atoms with E-state index in [2.05, 4.69) is 28.5 Å². The molecule has 4 rings (SSSR count). The summed E-state index contributed by atoms with van der Waals surface area (Å²) in [5, 5.41) is 0. The number of piperazine rings is 1. The number of rotatable bonds is 11. The third-order valence-corrected chi connectivity index (χ3v) is 10.9. The van der Waals surface area contributed by atoms with Crippen molar-refractivity contribution in [2.24, 2.45) is 11.8 Å². The highest BCUT2D eigenvalue weighted by Crippen LogP contribution is 2.36. The number of hydrogen-bond acceptors (Lipinski definition) is 7. The molecule has 0 saturated carbocycles. The van der Waals surface area contributed by atoms with Gasteiger partial charge in [-0.1, -0.05) is 33.4 Å². The number of carbonyl (C=O) groups is 2. The van der Waals surface area contributed by atoms with Gasteiger partial charge in [-0.25, -0.2) is 21.9 Å². The average molecular weight is 654 g/mol. The minimum atomic E-state index is -3.20. The maximum absolute atomic E-state index is 14.2. The zero-order chi connectivity index (χ0) is 31.9. The molecular formula is C33H56FN5O5S. The number of nitrogens with zero attached hydrogens (tertiary/aromatic N) is 5. The number of piperidine rings is 2. The van der Waals surface area contributed by atoms with Crippen molar-refractivity contribution < 1.29 is 27.1 Å². The second kappa shape index (κ2) is 17.0. The molecule has 0 N–H and O–H groups in total. The first-order chi connectivity index (χ1) is 20.9. The molecule has 0 spiro atoms. The van der Waals surface area contributed by atoms with Crippen LogP contribution in [0.5, 0.6) is 0 Å². The summed E-state index contributed by atoms with van der Waals surface area (Å²) < 4.78 is 44.7. The fourth-order valence-corrected chi connectivity index (χ4v) is 8.02. The SMILES string of the molecule is C.COC(=O)N1CCN(CC(=O)N(CC(C)C)C2CCN(CC[C@@H](c3cccc(F)c3)C3CCN(S(C)(=O)=O)CC3)CC2)CC1. The molecule has 3 aliphatic rings. The molecule has 0 unspecified atom stereocenters. The molecule has 45 heavy (non-hydrogen) atoms. The molecule has 1 aromatic carbocycles. The first-order valence-corrected chi connectivity index (χ1v) is 18.1. The van der Waals surface area contributed by atoms with Crippen molar-refractivity contribution >= 4 is 22.0 Å². The summed E-state index contributed by atoms with van der Waals surface area (Å²) in [7, 11) is -1.81. The number of amides is 2.